The molecule has 2 rings (SSSR count). The Morgan fingerprint density at radius 2 is 2.00 bits per heavy atom. The van der Waals surface area contributed by atoms with Gasteiger partial charge in [-0.05, 0) is 29.8 Å². The molecular formula is C16H13ClFNO. The minimum absolute atomic E-state index is 0.338. The van der Waals surface area contributed by atoms with Crippen molar-refractivity contribution in [2.24, 2.45) is 0 Å². The van der Waals surface area contributed by atoms with Gasteiger partial charge in [-0.25, -0.2) is 4.39 Å². The van der Waals surface area contributed by atoms with E-state index in [2.05, 4.69) is 6.07 Å². The highest BCUT2D eigenvalue weighted by Crippen LogP contribution is 2.25. The van der Waals surface area contributed by atoms with Gasteiger partial charge in [-0.3, -0.25) is 0 Å². The molecule has 2 aromatic carbocycles. The molecule has 0 aliphatic rings. The molecule has 0 fully saturated rings. The Morgan fingerprint density at radius 3 is 2.70 bits per heavy atom. The summed E-state index contributed by atoms with van der Waals surface area (Å²) in [5, 5.41) is 9.70. The highest BCUT2D eigenvalue weighted by molar-refractivity contribution is 6.32. The van der Waals surface area contributed by atoms with Crippen LogP contribution in [0.1, 0.15) is 17.9 Å². The number of nitrogens with zero attached hydrogens (tertiary/aromatic N) is 1. The summed E-state index contributed by atoms with van der Waals surface area (Å²) in [4.78, 5) is 0. The molecule has 0 aliphatic carbocycles. The summed E-state index contributed by atoms with van der Waals surface area (Å²) >= 11 is 5.97. The molecular weight excluding hydrogens is 277 g/mol. The van der Waals surface area contributed by atoms with Gasteiger partial charge in [0.05, 0.1) is 23.6 Å². The van der Waals surface area contributed by atoms with Crippen LogP contribution in [-0.4, -0.2) is 6.61 Å². The van der Waals surface area contributed by atoms with Crippen molar-refractivity contribution in [1.29, 1.82) is 5.26 Å². The van der Waals surface area contributed by atoms with Gasteiger partial charge in [0.15, 0.2) is 0 Å². The van der Waals surface area contributed by atoms with Gasteiger partial charge in [0, 0.05) is 6.42 Å². The SMILES string of the molecule is N#CC(CCOc1ccccc1Cl)c1cccc(F)c1. The van der Waals surface area contributed by atoms with E-state index in [-0.39, 0.29) is 5.82 Å². The smallest absolute Gasteiger partial charge is 0.137 e. The number of nitriles is 1. The first-order chi connectivity index (χ1) is 9.70. The molecule has 0 bridgehead atoms. The maximum atomic E-state index is 13.1. The van der Waals surface area contributed by atoms with Gasteiger partial charge in [-0.15, -0.1) is 0 Å². The van der Waals surface area contributed by atoms with Crippen LogP contribution in [0.15, 0.2) is 48.5 Å². The van der Waals surface area contributed by atoms with Crippen LogP contribution < -0.4 is 4.74 Å². The first kappa shape index (κ1) is 14.4. The molecule has 0 aliphatic heterocycles. The molecule has 0 amide bonds. The van der Waals surface area contributed by atoms with Crippen molar-refractivity contribution < 1.29 is 9.13 Å². The topological polar surface area (TPSA) is 33.0 Å². The third-order valence-corrected chi connectivity index (χ3v) is 3.22. The van der Waals surface area contributed by atoms with Gasteiger partial charge in [0.25, 0.3) is 0 Å². The summed E-state index contributed by atoms with van der Waals surface area (Å²) in [5.74, 6) is -0.145. The van der Waals surface area contributed by atoms with E-state index in [1.807, 2.05) is 12.1 Å². The predicted octanol–water partition coefficient (Wildman–Crippen LogP) is 4.56. The molecule has 102 valence electrons. The van der Waals surface area contributed by atoms with Gasteiger partial charge >= 0.3 is 0 Å². The zero-order chi connectivity index (χ0) is 14.4. The molecule has 0 saturated heterocycles. The number of rotatable bonds is 5. The highest BCUT2D eigenvalue weighted by atomic mass is 35.5. The summed E-state index contributed by atoms with van der Waals surface area (Å²) in [6, 6.07) is 15.4. The van der Waals surface area contributed by atoms with Crippen molar-refractivity contribution in [3.63, 3.8) is 0 Å². The van der Waals surface area contributed by atoms with Crippen molar-refractivity contribution in [3.05, 3.63) is 64.9 Å². The Hall–Kier alpha value is -2.05. The molecule has 0 N–H and O–H groups in total. The zero-order valence-corrected chi connectivity index (χ0v) is 11.5. The molecule has 2 nitrogen and oxygen atoms in total. The second-order valence-electron chi connectivity index (χ2n) is 4.30. The second kappa shape index (κ2) is 6.93. The number of hydrogen-bond acceptors (Lipinski definition) is 2. The standard InChI is InChI=1S/C16H13ClFNO/c17-15-6-1-2-7-16(15)20-9-8-13(11-19)12-4-3-5-14(18)10-12/h1-7,10,13H,8-9H2. The fourth-order valence-electron chi connectivity index (χ4n) is 1.88. The summed E-state index contributed by atoms with van der Waals surface area (Å²) in [6.07, 6.45) is 0.477. The van der Waals surface area contributed by atoms with E-state index < -0.39 is 5.92 Å². The molecule has 0 saturated carbocycles. The van der Waals surface area contributed by atoms with Crippen LogP contribution >= 0.6 is 11.6 Å². The molecule has 1 unspecified atom stereocenters. The van der Waals surface area contributed by atoms with Crippen LogP contribution in [0.4, 0.5) is 4.39 Å². The minimum atomic E-state index is -0.395. The van der Waals surface area contributed by atoms with E-state index in [1.54, 1.807) is 24.3 Å². The maximum absolute atomic E-state index is 13.1. The summed E-state index contributed by atoms with van der Waals surface area (Å²) in [5.41, 5.74) is 0.662. The Bertz CT molecular complexity index is 624. The molecule has 4 heteroatoms. The van der Waals surface area contributed by atoms with Crippen LogP contribution in [0.25, 0.3) is 0 Å². The van der Waals surface area contributed by atoms with Crippen molar-refractivity contribution in [2.45, 2.75) is 12.3 Å². The van der Waals surface area contributed by atoms with Crippen LogP contribution in [0.5, 0.6) is 5.75 Å². The minimum Gasteiger partial charge on any atom is -0.492 e. The lowest BCUT2D eigenvalue weighted by atomic mass is 9.98. The molecule has 0 spiro atoms. The predicted molar refractivity (Wildman–Crippen MR) is 76.3 cm³/mol. The van der Waals surface area contributed by atoms with E-state index in [9.17, 15) is 4.39 Å². The average Bonchev–Trinajstić information content (AvgIpc) is 2.45. The lowest BCUT2D eigenvalue weighted by molar-refractivity contribution is 0.306. The maximum Gasteiger partial charge on any atom is 0.137 e. The van der Waals surface area contributed by atoms with Crippen molar-refractivity contribution >= 4 is 11.6 Å². The average molecular weight is 290 g/mol. The molecule has 0 radical (unpaired) electrons. The first-order valence-electron chi connectivity index (χ1n) is 6.23. The molecule has 2 aromatic rings. The van der Waals surface area contributed by atoms with E-state index in [0.29, 0.717) is 29.4 Å². The van der Waals surface area contributed by atoms with Gasteiger partial charge in [0.2, 0.25) is 0 Å². The summed E-state index contributed by atoms with van der Waals surface area (Å²) in [7, 11) is 0. The van der Waals surface area contributed by atoms with E-state index >= 15 is 0 Å². The fraction of sp³-hybridized carbons (Fsp3) is 0.188. The number of halogens is 2. The van der Waals surface area contributed by atoms with Crippen LogP contribution in [0.3, 0.4) is 0 Å². The van der Waals surface area contributed by atoms with Crippen LogP contribution in [-0.2, 0) is 0 Å². The fourth-order valence-corrected chi connectivity index (χ4v) is 2.07. The normalized spacial score (nSPS) is 11.7. The molecule has 0 heterocycles. The number of ether oxygens (including phenoxy) is 1. The monoisotopic (exact) mass is 289 g/mol. The third kappa shape index (κ3) is 3.72. The van der Waals surface area contributed by atoms with Crippen molar-refractivity contribution in [2.75, 3.05) is 6.61 Å². The summed E-state index contributed by atoms with van der Waals surface area (Å²) in [6.45, 7) is 0.346. The van der Waals surface area contributed by atoms with Gasteiger partial charge in [-0.1, -0.05) is 35.9 Å². The number of para-hydroxylation sites is 1. The van der Waals surface area contributed by atoms with Crippen molar-refractivity contribution in [3.8, 4) is 11.8 Å². The second-order valence-corrected chi connectivity index (χ2v) is 4.71. The zero-order valence-electron chi connectivity index (χ0n) is 10.7. The Labute approximate surface area is 122 Å². The first-order valence-corrected chi connectivity index (χ1v) is 6.61. The van der Waals surface area contributed by atoms with E-state index in [1.165, 1.54) is 12.1 Å². The van der Waals surface area contributed by atoms with E-state index in [4.69, 9.17) is 21.6 Å². The summed E-state index contributed by atoms with van der Waals surface area (Å²) < 4.78 is 18.7. The third-order valence-electron chi connectivity index (χ3n) is 2.91. The van der Waals surface area contributed by atoms with Gasteiger partial charge < -0.3 is 4.74 Å². The molecule has 20 heavy (non-hydrogen) atoms. The van der Waals surface area contributed by atoms with Crippen molar-refractivity contribution in [1.82, 2.24) is 0 Å². The number of hydrogen-bond donors (Lipinski definition) is 0. The Balaban J connectivity index is 1.96. The lowest BCUT2D eigenvalue weighted by Gasteiger charge is -2.11. The lowest BCUT2D eigenvalue weighted by Crippen LogP contribution is -2.05. The molecule has 0 aromatic heterocycles. The van der Waals surface area contributed by atoms with Gasteiger partial charge in [0.1, 0.15) is 11.6 Å². The Kier molecular flexibility index (Phi) is 4.97. The molecule has 1 atom stereocenters. The van der Waals surface area contributed by atoms with E-state index in [0.717, 1.165) is 0 Å². The Morgan fingerprint density at radius 1 is 1.20 bits per heavy atom. The largest absolute Gasteiger partial charge is 0.492 e. The van der Waals surface area contributed by atoms with Gasteiger partial charge in [-0.2, -0.15) is 5.26 Å². The number of benzene rings is 2. The van der Waals surface area contributed by atoms with Crippen LogP contribution in [0, 0.1) is 17.1 Å². The quantitative estimate of drug-likeness (QED) is 0.808. The van der Waals surface area contributed by atoms with Crippen LogP contribution in [0.2, 0.25) is 5.02 Å². The highest BCUT2D eigenvalue weighted by Gasteiger charge is 2.12.